The molecule has 0 bridgehead atoms. The van der Waals surface area contributed by atoms with E-state index in [4.69, 9.17) is 4.74 Å². The van der Waals surface area contributed by atoms with Crippen LogP contribution >= 0.6 is 11.3 Å². The number of nitrogens with one attached hydrogen (secondary N) is 2. The molecule has 2 N–H and O–H groups in total. The van der Waals surface area contributed by atoms with Crippen LogP contribution in [0.25, 0.3) is 0 Å². The molecule has 6 nitrogen and oxygen atoms in total. The number of amides is 2. The SMILES string of the molecule is CCCCOc1cccc(C(=O)Nc2sc3c(c2C(=O)NN(C)C)CCCCC3)c1. The Balaban J connectivity index is 1.84. The van der Waals surface area contributed by atoms with Gasteiger partial charge in [0, 0.05) is 24.5 Å². The minimum absolute atomic E-state index is 0.175. The summed E-state index contributed by atoms with van der Waals surface area (Å²) >= 11 is 1.53. The first kappa shape index (κ1) is 22.3. The van der Waals surface area contributed by atoms with Crippen molar-refractivity contribution in [3.8, 4) is 5.75 Å². The highest BCUT2D eigenvalue weighted by molar-refractivity contribution is 7.17. The van der Waals surface area contributed by atoms with Crippen molar-refractivity contribution in [1.29, 1.82) is 0 Å². The highest BCUT2D eigenvalue weighted by atomic mass is 32.1. The standard InChI is InChI=1S/C23H31N3O3S/c1-4-5-14-29-17-11-9-10-16(15-17)21(27)24-23-20(22(28)25-26(2)3)18-12-7-6-8-13-19(18)30-23/h9-11,15H,4-8,12-14H2,1-3H3,(H,24,27)(H,25,28). The molecule has 2 amide bonds. The summed E-state index contributed by atoms with van der Waals surface area (Å²) in [5, 5.41) is 5.26. The van der Waals surface area contributed by atoms with E-state index < -0.39 is 0 Å². The van der Waals surface area contributed by atoms with Gasteiger partial charge in [-0.05, 0) is 55.9 Å². The molecule has 0 saturated carbocycles. The summed E-state index contributed by atoms with van der Waals surface area (Å²) in [7, 11) is 3.57. The van der Waals surface area contributed by atoms with Gasteiger partial charge in [-0.3, -0.25) is 15.0 Å². The molecule has 1 aliphatic rings. The van der Waals surface area contributed by atoms with E-state index in [0.717, 1.165) is 44.1 Å². The number of carbonyl (C=O) groups is 2. The Morgan fingerprint density at radius 2 is 1.93 bits per heavy atom. The van der Waals surface area contributed by atoms with Crippen molar-refractivity contribution in [3.05, 3.63) is 45.8 Å². The fourth-order valence-electron chi connectivity index (χ4n) is 3.57. The molecule has 0 aliphatic heterocycles. The number of anilines is 1. The molecular formula is C23H31N3O3S. The molecule has 2 aromatic rings. The number of hydrogen-bond acceptors (Lipinski definition) is 5. The summed E-state index contributed by atoms with van der Waals surface area (Å²) in [6, 6.07) is 7.19. The number of thiophene rings is 1. The molecular weight excluding hydrogens is 398 g/mol. The third-order valence-corrected chi connectivity index (χ3v) is 6.27. The van der Waals surface area contributed by atoms with Crippen molar-refractivity contribution in [2.45, 2.75) is 51.9 Å². The van der Waals surface area contributed by atoms with E-state index in [0.29, 0.717) is 28.5 Å². The average molecular weight is 430 g/mol. The smallest absolute Gasteiger partial charge is 0.268 e. The van der Waals surface area contributed by atoms with Crippen LogP contribution in [0.15, 0.2) is 24.3 Å². The summed E-state index contributed by atoms with van der Waals surface area (Å²) in [6.45, 7) is 2.74. The zero-order valence-corrected chi connectivity index (χ0v) is 18.9. The Kier molecular flexibility index (Phi) is 7.87. The quantitative estimate of drug-likeness (QED) is 0.364. The minimum Gasteiger partial charge on any atom is -0.494 e. The lowest BCUT2D eigenvalue weighted by atomic mass is 10.0. The topological polar surface area (TPSA) is 70.7 Å². The third kappa shape index (κ3) is 5.61. The highest BCUT2D eigenvalue weighted by Gasteiger charge is 2.26. The fourth-order valence-corrected chi connectivity index (χ4v) is 4.85. The molecule has 0 atom stereocenters. The molecule has 1 aliphatic carbocycles. The Labute approximate surface area is 182 Å². The number of aryl methyl sites for hydroxylation is 1. The number of hydrazine groups is 1. The normalized spacial score (nSPS) is 13.5. The molecule has 1 heterocycles. The second-order valence-corrected chi connectivity index (χ2v) is 8.89. The molecule has 0 unspecified atom stereocenters. The van der Waals surface area contributed by atoms with E-state index in [1.165, 1.54) is 22.6 Å². The highest BCUT2D eigenvalue weighted by Crippen LogP contribution is 2.37. The van der Waals surface area contributed by atoms with Crippen LogP contribution in [0.3, 0.4) is 0 Å². The van der Waals surface area contributed by atoms with Crippen LogP contribution in [0.5, 0.6) is 5.75 Å². The van der Waals surface area contributed by atoms with Crippen LogP contribution < -0.4 is 15.5 Å². The number of unbranched alkanes of at least 4 members (excludes halogenated alkanes) is 1. The predicted octanol–water partition coefficient (Wildman–Crippen LogP) is 4.65. The first-order valence-corrected chi connectivity index (χ1v) is 11.5. The maximum atomic E-state index is 13.0. The second kappa shape index (κ2) is 10.6. The van der Waals surface area contributed by atoms with Gasteiger partial charge in [0.25, 0.3) is 11.8 Å². The Hall–Kier alpha value is -2.38. The first-order valence-electron chi connectivity index (χ1n) is 10.7. The summed E-state index contributed by atoms with van der Waals surface area (Å²) in [6.07, 6.45) is 7.21. The van der Waals surface area contributed by atoms with Crippen LogP contribution in [-0.4, -0.2) is 37.5 Å². The van der Waals surface area contributed by atoms with Crippen molar-refractivity contribution in [2.75, 3.05) is 26.0 Å². The minimum atomic E-state index is -0.230. The summed E-state index contributed by atoms with van der Waals surface area (Å²) in [5.41, 5.74) is 5.05. The molecule has 7 heteroatoms. The van der Waals surface area contributed by atoms with Crippen molar-refractivity contribution < 1.29 is 14.3 Å². The van der Waals surface area contributed by atoms with Crippen LogP contribution in [0, 0.1) is 0 Å². The lowest BCUT2D eigenvalue weighted by molar-refractivity contribution is 0.0857. The van der Waals surface area contributed by atoms with Gasteiger partial charge in [0.05, 0.1) is 12.2 Å². The van der Waals surface area contributed by atoms with Crippen LogP contribution in [0.4, 0.5) is 5.00 Å². The molecule has 30 heavy (non-hydrogen) atoms. The van der Waals surface area contributed by atoms with E-state index in [-0.39, 0.29) is 11.8 Å². The molecule has 162 valence electrons. The van der Waals surface area contributed by atoms with Gasteiger partial charge >= 0.3 is 0 Å². The monoisotopic (exact) mass is 429 g/mol. The van der Waals surface area contributed by atoms with Crippen molar-refractivity contribution in [3.63, 3.8) is 0 Å². The maximum absolute atomic E-state index is 13.0. The van der Waals surface area contributed by atoms with Gasteiger partial charge < -0.3 is 10.1 Å². The molecule has 1 aromatic heterocycles. The van der Waals surface area contributed by atoms with Gasteiger partial charge in [0.1, 0.15) is 10.8 Å². The van der Waals surface area contributed by atoms with Crippen molar-refractivity contribution in [2.24, 2.45) is 0 Å². The molecule has 1 aromatic carbocycles. The van der Waals surface area contributed by atoms with Gasteiger partial charge in [0.2, 0.25) is 0 Å². The molecule has 0 fully saturated rings. The van der Waals surface area contributed by atoms with E-state index in [9.17, 15) is 9.59 Å². The van der Waals surface area contributed by atoms with Crippen molar-refractivity contribution >= 4 is 28.2 Å². The second-order valence-electron chi connectivity index (χ2n) is 7.79. The number of hydrogen-bond donors (Lipinski definition) is 2. The van der Waals surface area contributed by atoms with E-state index in [1.54, 1.807) is 31.2 Å². The number of fused-ring (bicyclic) bond motifs is 1. The Morgan fingerprint density at radius 1 is 1.13 bits per heavy atom. The third-order valence-electron chi connectivity index (χ3n) is 5.06. The fraction of sp³-hybridized carbons (Fsp3) is 0.478. The summed E-state index contributed by atoms with van der Waals surface area (Å²) < 4.78 is 5.73. The number of ether oxygens (including phenoxy) is 1. The summed E-state index contributed by atoms with van der Waals surface area (Å²) in [5.74, 6) is 0.279. The van der Waals surface area contributed by atoms with Gasteiger partial charge in [-0.15, -0.1) is 11.3 Å². The van der Waals surface area contributed by atoms with Crippen LogP contribution in [-0.2, 0) is 12.8 Å². The van der Waals surface area contributed by atoms with Gasteiger partial charge in [-0.25, -0.2) is 5.01 Å². The van der Waals surface area contributed by atoms with E-state index >= 15 is 0 Å². The lowest BCUT2D eigenvalue weighted by Crippen LogP contribution is -2.36. The van der Waals surface area contributed by atoms with Gasteiger partial charge in [-0.2, -0.15) is 0 Å². The van der Waals surface area contributed by atoms with Crippen LogP contribution in [0.1, 0.15) is 70.2 Å². The maximum Gasteiger partial charge on any atom is 0.268 e. The molecule has 0 radical (unpaired) electrons. The zero-order valence-electron chi connectivity index (χ0n) is 18.0. The van der Waals surface area contributed by atoms with Crippen LogP contribution in [0.2, 0.25) is 0 Å². The van der Waals surface area contributed by atoms with Gasteiger partial charge in [-0.1, -0.05) is 25.8 Å². The predicted molar refractivity (Wildman–Crippen MR) is 122 cm³/mol. The summed E-state index contributed by atoms with van der Waals surface area (Å²) in [4.78, 5) is 27.1. The molecule has 3 rings (SSSR count). The first-order chi connectivity index (χ1) is 14.5. The zero-order chi connectivity index (χ0) is 21.5. The van der Waals surface area contributed by atoms with E-state index in [1.807, 2.05) is 12.1 Å². The number of benzene rings is 1. The van der Waals surface area contributed by atoms with Crippen molar-refractivity contribution in [1.82, 2.24) is 10.4 Å². The largest absolute Gasteiger partial charge is 0.494 e. The number of nitrogens with zero attached hydrogens (tertiary/aromatic N) is 1. The molecule has 0 saturated heterocycles. The Morgan fingerprint density at radius 3 is 2.70 bits per heavy atom. The van der Waals surface area contributed by atoms with E-state index in [2.05, 4.69) is 17.7 Å². The van der Waals surface area contributed by atoms with Gasteiger partial charge in [0.15, 0.2) is 0 Å². The number of carbonyl (C=O) groups excluding carboxylic acids is 2. The Bertz CT molecular complexity index is 892. The molecule has 0 spiro atoms. The number of rotatable bonds is 8. The average Bonchev–Trinajstić information content (AvgIpc) is 2.88. The lowest BCUT2D eigenvalue weighted by Gasteiger charge is -2.14.